The minimum absolute atomic E-state index is 0.0648. The zero-order valence-electron chi connectivity index (χ0n) is 6.02. The van der Waals surface area contributed by atoms with E-state index in [0.717, 1.165) is 6.07 Å². The highest BCUT2D eigenvalue weighted by atomic mass is 31.0. The molecule has 1 unspecified atom stereocenters. The van der Waals surface area contributed by atoms with Gasteiger partial charge in [-0.2, -0.15) is 0 Å². The van der Waals surface area contributed by atoms with E-state index in [2.05, 4.69) is 4.52 Å². The lowest BCUT2D eigenvalue weighted by Crippen LogP contribution is -1.97. The van der Waals surface area contributed by atoms with Crippen molar-refractivity contribution < 1.29 is 19.5 Å². The molecule has 0 aliphatic heterocycles. The molecule has 0 spiro atoms. The van der Waals surface area contributed by atoms with Gasteiger partial charge >= 0.3 is 5.97 Å². The second-order valence-corrected chi connectivity index (χ2v) is 2.34. The van der Waals surface area contributed by atoms with Crippen molar-refractivity contribution in [3.05, 3.63) is 23.8 Å². The van der Waals surface area contributed by atoms with E-state index in [1.54, 1.807) is 9.47 Å². The molecular formula is C7H7O4P. The Hall–Kier alpha value is -1.28. The monoisotopic (exact) mass is 186 g/mol. The van der Waals surface area contributed by atoms with Gasteiger partial charge in [-0.25, -0.2) is 4.79 Å². The number of hydrogen-bond acceptors (Lipinski definition) is 4. The lowest BCUT2D eigenvalue weighted by atomic mass is 10.2. The molecule has 0 aliphatic carbocycles. The van der Waals surface area contributed by atoms with Gasteiger partial charge in [0, 0.05) is 0 Å². The van der Waals surface area contributed by atoms with Crippen LogP contribution in [0.4, 0.5) is 0 Å². The van der Waals surface area contributed by atoms with Crippen LogP contribution in [-0.4, -0.2) is 16.2 Å². The minimum Gasteiger partial charge on any atom is -0.508 e. The molecule has 0 amide bonds. The van der Waals surface area contributed by atoms with Crippen LogP contribution in [0.2, 0.25) is 0 Å². The fourth-order valence-electron chi connectivity index (χ4n) is 0.751. The first-order chi connectivity index (χ1) is 5.65. The number of phenols is 2. The van der Waals surface area contributed by atoms with Crippen LogP contribution in [0.3, 0.4) is 0 Å². The van der Waals surface area contributed by atoms with E-state index in [1.807, 2.05) is 0 Å². The second kappa shape index (κ2) is 3.41. The molecule has 4 nitrogen and oxygen atoms in total. The first kappa shape index (κ1) is 8.81. The third-order valence-electron chi connectivity index (χ3n) is 1.31. The van der Waals surface area contributed by atoms with E-state index in [-0.39, 0.29) is 17.1 Å². The number of benzene rings is 1. The predicted molar refractivity (Wildman–Crippen MR) is 44.9 cm³/mol. The highest BCUT2D eigenvalue weighted by Crippen LogP contribution is 2.23. The van der Waals surface area contributed by atoms with Gasteiger partial charge in [0.15, 0.2) is 0 Å². The molecule has 0 aliphatic rings. The van der Waals surface area contributed by atoms with Crippen LogP contribution in [-0.2, 0) is 4.52 Å². The Labute approximate surface area is 71.1 Å². The molecule has 1 aromatic carbocycles. The summed E-state index contributed by atoms with van der Waals surface area (Å²) in [7, 11) is 1.76. The van der Waals surface area contributed by atoms with Crippen LogP contribution < -0.4 is 0 Å². The summed E-state index contributed by atoms with van der Waals surface area (Å²) in [6.07, 6.45) is 0. The van der Waals surface area contributed by atoms with Gasteiger partial charge < -0.3 is 14.7 Å². The molecule has 2 N–H and O–H groups in total. The van der Waals surface area contributed by atoms with E-state index in [9.17, 15) is 4.79 Å². The molecule has 0 aromatic heterocycles. The summed E-state index contributed by atoms with van der Waals surface area (Å²) in [5, 5.41) is 18.1. The topological polar surface area (TPSA) is 66.8 Å². The van der Waals surface area contributed by atoms with Gasteiger partial charge in [0.2, 0.25) is 0 Å². The summed E-state index contributed by atoms with van der Waals surface area (Å²) in [5.74, 6) is -1.04. The Morgan fingerprint density at radius 1 is 1.42 bits per heavy atom. The Morgan fingerprint density at radius 3 is 2.67 bits per heavy atom. The first-order valence-corrected chi connectivity index (χ1v) is 3.55. The molecule has 5 heteroatoms. The number of carbonyl (C=O) groups excluding carboxylic acids is 1. The average molecular weight is 186 g/mol. The maximum atomic E-state index is 10.9. The van der Waals surface area contributed by atoms with Crippen molar-refractivity contribution in [1.82, 2.24) is 0 Å². The average Bonchev–Trinajstić information content (AvgIpc) is 2.08. The maximum absolute atomic E-state index is 10.9. The standard InChI is InChI=1S/C7H7O4P/c8-4-1-2-6(9)5(3-4)7(10)11-12/h1-3,8-9H,12H2. The van der Waals surface area contributed by atoms with Gasteiger partial charge in [0.25, 0.3) is 0 Å². The van der Waals surface area contributed by atoms with E-state index in [1.165, 1.54) is 12.1 Å². The summed E-state index contributed by atoms with van der Waals surface area (Å²) < 4.78 is 4.28. The normalized spacial score (nSPS) is 9.42. The van der Waals surface area contributed by atoms with Crippen LogP contribution in [0.25, 0.3) is 0 Å². The van der Waals surface area contributed by atoms with Crippen LogP contribution in [0.1, 0.15) is 10.4 Å². The zero-order chi connectivity index (χ0) is 9.14. The van der Waals surface area contributed by atoms with E-state index in [4.69, 9.17) is 10.2 Å². The molecule has 64 valence electrons. The fourth-order valence-corrected chi connectivity index (χ4v) is 0.878. The van der Waals surface area contributed by atoms with Crippen molar-refractivity contribution in [2.75, 3.05) is 0 Å². The molecule has 0 bridgehead atoms. The van der Waals surface area contributed by atoms with E-state index >= 15 is 0 Å². The predicted octanol–water partition coefficient (Wildman–Crippen LogP) is 1.04. The van der Waals surface area contributed by atoms with Gasteiger partial charge in [-0.05, 0) is 18.2 Å². The molecule has 0 saturated heterocycles. The molecule has 0 fully saturated rings. The number of rotatable bonds is 1. The van der Waals surface area contributed by atoms with E-state index in [0.29, 0.717) is 0 Å². The van der Waals surface area contributed by atoms with Crippen LogP contribution in [0, 0.1) is 0 Å². The summed E-state index contributed by atoms with van der Waals surface area (Å²) in [6, 6.07) is 3.61. The maximum Gasteiger partial charge on any atom is 0.344 e. The Balaban J connectivity index is 3.13. The fraction of sp³-hybridized carbons (Fsp3) is 0. The smallest absolute Gasteiger partial charge is 0.344 e. The summed E-state index contributed by atoms with van der Waals surface area (Å²) in [6.45, 7) is 0. The third-order valence-corrected chi connectivity index (χ3v) is 1.52. The first-order valence-electron chi connectivity index (χ1n) is 3.08. The highest BCUT2D eigenvalue weighted by molar-refractivity contribution is 7.10. The third kappa shape index (κ3) is 1.66. The molecule has 0 saturated carbocycles. The van der Waals surface area contributed by atoms with Gasteiger partial charge in [-0.15, -0.1) is 0 Å². The largest absolute Gasteiger partial charge is 0.508 e. The SMILES string of the molecule is O=C(OP)c1cc(O)ccc1O. The van der Waals surface area contributed by atoms with Gasteiger partial charge in [-0.1, -0.05) is 0 Å². The van der Waals surface area contributed by atoms with Gasteiger partial charge in [-0.3, -0.25) is 0 Å². The van der Waals surface area contributed by atoms with Crippen molar-refractivity contribution in [3.8, 4) is 11.5 Å². The number of phenolic OH excluding ortho intramolecular Hbond substituents is 2. The quantitative estimate of drug-likeness (QED) is 0.508. The van der Waals surface area contributed by atoms with Gasteiger partial charge in [0.05, 0.1) is 9.47 Å². The molecule has 1 atom stereocenters. The van der Waals surface area contributed by atoms with Gasteiger partial charge in [0.1, 0.15) is 17.1 Å². The van der Waals surface area contributed by atoms with Crippen molar-refractivity contribution in [2.45, 2.75) is 0 Å². The lowest BCUT2D eigenvalue weighted by Gasteiger charge is -2.01. The Morgan fingerprint density at radius 2 is 2.08 bits per heavy atom. The second-order valence-electron chi connectivity index (χ2n) is 2.11. The van der Waals surface area contributed by atoms with Crippen LogP contribution in [0.5, 0.6) is 11.5 Å². The molecule has 12 heavy (non-hydrogen) atoms. The lowest BCUT2D eigenvalue weighted by molar-refractivity contribution is 0.0762. The summed E-state index contributed by atoms with van der Waals surface area (Å²) >= 11 is 0. The van der Waals surface area contributed by atoms with Crippen LogP contribution in [0.15, 0.2) is 18.2 Å². The number of carbonyl (C=O) groups is 1. The molecule has 1 rings (SSSR count). The van der Waals surface area contributed by atoms with Crippen molar-refractivity contribution in [1.29, 1.82) is 0 Å². The van der Waals surface area contributed by atoms with Crippen molar-refractivity contribution >= 4 is 15.4 Å². The highest BCUT2D eigenvalue weighted by Gasteiger charge is 2.11. The Kier molecular flexibility index (Phi) is 2.51. The summed E-state index contributed by atoms with van der Waals surface area (Å²) in [4.78, 5) is 10.9. The zero-order valence-corrected chi connectivity index (χ0v) is 7.18. The summed E-state index contributed by atoms with van der Waals surface area (Å²) in [5.41, 5.74) is -0.0648. The molecule has 0 heterocycles. The molecule has 1 aromatic rings. The van der Waals surface area contributed by atoms with Crippen molar-refractivity contribution in [3.63, 3.8) is 0 Å². The molecule has 0 radical (unpaired) electrons. The number of aromatic hydroxyl groups is 2. The van der Waals surface area contributed by atoms with E-state index < -0.39 is 5.97 Å². The number of hydrogen-bond donors (Lipinski definition) is 2. The Bertz CT molecular complexity index is 310. The van der Waals surface area contributed by atoms with Crippen molar-refractivity contribution in [2.24, 2.45) is 0 Å². The van der Waals surface area contributed by atoms with Crippen LogP contribution >= 0.6 is 9.47 Å². The molecular weight excluding hydrogens is 179 g/mol. The minimum atomic E-state index is -0.714.